The van der Waals surface area contributed by atoms with E-state index in [4.69, 9.17) is 4.74 Å². The van der Waals surface area contributed by atoms with Gasteiger partial charge in [-0.25, -0.2) is 4.79 Å². The highest BCUT2D eigenvalue weighted by molar-refractivity contribution is 6.04. The first-order chi connectivity index (χ1) is 18.4. The van der Waals surface area contributed by atoms with E-state index < -0.39 is 18.2 Å². The van der Waals surface area contributed by atoms with Crippen molar-refractivity contribution in [2.75, 3.05) is 18.4 Å². The van der Waals surface area contributed by atoms with E-state index in [1.54, 1.807) is 35.2 Å². The number of cyclic esters (lactones) is 1. The minimum atomic E-state index is -0.794. The minimum absolute atomic E-state index is 0.0985. The second kappa shape index (κ2) is 11.1. The van der Waals surface area contributed by atoms with Gasteiger partial charge in [0.05, 0.1) is 6.54 Å². The van der Waals surface area contributed by atoms with Gasteiger partial charge in [-0.3, -0.25) is 14.5 Å². The first-order valence-corrected chi connectivity index (χ1v) is 13.2. The molecule has 0 spiro atoms. The van der Waals surface area contributed by atoms with Crippen molar-refractivity contribution in [2.24, 2.45) is 5.92 Å². The summed E-state index contributed by atoms with van der Waals surface area (Å²) >= 11 is 0. The zero-order chi connectivity index (χ0) is 26.6. The van der Waals surface area contributed by atoms with Crippen molar-refractivity contribution in [1.29, 1.82) is 0 Å². The molecule has 3 amide bonds. The third-order valence-corrected chi connectivity index (χ3v) is 7.42. The van der Waals surface area contributed by atoms with Crippen molar-refractivity contribution in [2.45, 2.75) is 45.4 Å². The SMILES string of the molecule is Cc1ccc(CN2C(=O)OC(c3cccc(NC(=O)c4ccccc4)c3)C2C(=O)N2CCC(C)CC2)cc1. The number of carbonyl (C=O) groups is 3. The maximum Gasteiger partial charge on any atom is 0.411 e. The van der Waals surface area contributed by atoms with Gasteiger partial charge in [0.2, 0.25) is 5.91 Å². The van der Waals surface area contributed by atoms with Gasteiger partial charge in [0.1, 0.15) is 0 Å². The van der Waals surface area contributed by atoms with E-state index >= 15 is 0 Å². The Morgan fingerprint density at radius 1 is 0.947 bits per heavy atom. The molecule has 2 unspecified atom stereocenters. The monoisotopic (exact) mass is 511 g/mol. The number of carbonyl (C=O) groups excluding carboxylic acids is 3. The number of rotatable bonds is 6. The van der Waals surface area contributed by atoms with Crippen LogP contribution in [0.5, 0.6) is 0 Å². The molecule has 2 aliphatic heterocycles. The molecule has 0 aromatic heterocycles. The maximum atomic E-state index is 13.9. The van der Waals surface area contributed by atoms with Gasteiger partial charge in [-0.1, -0.05) is 67.1 Å². The fraction of sp³-hybridized carbons (Fsp3) is 0.323. The largest absolute Gasteiger partial charge is 0.438 e. The Labute approximate surface area is 223 Å². The fourth-order valence-electron chi connectivity index (χ4n) is 5.09. The lowest BCUT2D eigenvalue weighted by molar-refractivity contribution is -0.138. The van der Waals surface area contributed by atoms with Gasteiger partial charge < -0.3 is 15.0 Å². The lowest BCUT2D eigenvalue weighted by atomic mass is 9.96. The quantitative estimate of drug-likeness (QED) is 0.469. The number of hydrogen-bond acceptors (Lipinski definition) is 4. The molecule has 2 saturated heterocycles. The van der Waals surface area contributed by atoms with Gasteiger partial charge in [-0.05, 0) is 61.1 Å². The summed E-state index contributed by atoms with van der Waals surface area (Å²) in [7, 11) is 0. The van der Waals surface area contributed by atoms with E-state index in [1.165, 1.54) is 0 Å². The van der Waals surface area contributed by atoms with Crippen LogP contribution in [0.15, 0.2) is 78.9 Å². The first-order valence-electron chi connectivity index (χ1n) is 13.2. The average Bonchev–Trinajstić information content (AvgIpc) is 3.26. The number of piperidine rings is 1. The molecule has 2 aliphatic rings. The predicted molar refractivity (Wildman–Crippen MR) is 146 cm³/mol. The van der Waals surface area contributed by atoms with E-state index in [2.05, 4.69) is 12.2 Å². The number of amides is 3. The number of likely N-dealkylation sites (tertiary alicyclic amines) is 1. The molecule has 0 aliphatic carbocycles. The highest BCUT2D eigenvalue weighted by atomic mass is 16.6. The van der Waals surface area contributed by atoms with Crippen molar-refractivity contribution in [3.8, 4) is 0 Å². The van der Waals surface area contributed by atoms with Crippen molar-refractivity contribution < 1.29 is 19.1 Å². The van der Waals surface area contributed by atoms with Crippen LogP contribution >= 0.6 is 0 Å². The van der Waals surface area contributed by atoms with Crippen molar-refractivity contribution in [3.05, 3.63) is 101 Å². The summed E-state index contributed by atoms with van der Waals surface area (Å²) in [6, 6.07) is 23.3. The molecule has 196 valence electrons. The van der Waals surface area contributed by atoms with Gasteiger partial charge in [-0.2, -0.15) is 0 Å². The number of anilines is 1. The summed E-state index contributed by atoms with van der Waals surface area (Å²) in [5.74, 6) is 0.241. The summed E-state index contributed by atoms with van der Waals surface area (Å²) in [5.41, 5.74) is 3.84. The molecule has 38 heavy (non-hydrogen) atoms. The Balaban J connectivity index is 1.43. The van der Waals surface area contributed by atoms with Gasteiger partial charge in [0, 0.05) is 24.3 Å². The highest BCUT2D eigenvalue weighted by Crippen LogP contribution is 2.36. The number of ether oxygens (including phenoxy) is 1. The minimum Gasteiger partial charge on any atom is -0.438 e. The second-order valence-electron chi connectivity index (χ2n) is 10.3. The molecule has 3 aromatic rings. The van der Waals surface area contributed by atoms with Gasteiger partial charge in [0.15, 0.2) is 12.1 Å². The van der Waals surface area contributed by atoms with Crippen molar-refractivity contribution in [1.82, 2.24) is 9.80 Å². The molecule has 5 rings (SSSR count). The van der Waals surface area contributed by atoms with Crippen LogP contribution in [0.25, 0.3) is 0 Å². The average molecular weight is 512 g/mol. The van der Waals surface area contributed by atoms with Crippen LogP contribution in [-0.2, 0) is 16.1 Å². The van der Waals surface area contributed by atoms with Crippen LogP contribution in [0, 0.1) is 12.8 Å². The zero-order valence-corrected chi connectivity index (χ0v) is 21.8. The first kappa shape index (κ1) is 25.5. The Morgan fingerprint density at radius 3 is 2.37 bits per heavy atom. The van der Waals surface area contributed by atoms with Crippen LogP contribution < -0.4 is 5.32 Å². The van der Waals surface area contributed by atoms with E-state index in [-0.39, 0.29) is 18.4 Å². The van der Waals surface area contributed by atoms with Gasteiger partial charge >= 0.3 is 6.09 Å². The second-order valence-corrected chi connectivity index (χ2v) is 10.3. The standard InChI is InChI=1S/C31H33N3O4/c1-21-11-13-23(14-12-21)20-34-27(30(36)33-17-15-22(2)16-18-33)28(38-31(34)37)25-9-6-10-26(19-25)32-29(35)24-7-4-3-5-8-24/h3-14,19,22,27-28H,15-18,20H2,1-2H3,(H,32,35). The summed E-state index contributed by atoms with van der Waals surface area (Å²) in [4.78, 5) is 43.2. The number of nitrogens with zero attached hydrogens (tertiary/aromatic N) is 2. The van der Waals surface area contributed by atoms with Crippen LogP contribution in [0.4, 0.5) is 10.5 Å². The lowest BCUT2D eigenvalue weighted by Crippen LogP contribution is -2.50. The van der Waals surface area contributed by atoms with Gasteiger partial charge in [0.25, 0.3) is 5.91 Å². The number of nitrogens with one attached hydrogen (secondary N) is 1. The molecule has 0 radical (unpaired) electrons. The van der Waals surface area contributed by atoms with Crippen LogP contribution in [-0.4, -0.2) is 46.8 Å². The summed E-state index contributed by atoms with van der Waals surface area (Å²) in [6.07, 6.45) is 0.583. The Hall–Kier alpha value is -4.13. The molecule has 2 fully saturated rings. The smallest absolute Gasteiger partial charge is 0.411 e. The molecule has 0 bridgehead atoms. The predicted octanol–water partition coefficient (Wildman–Crippen LogP) is 5.57. The Bertz CT molecular complexity index is 1300. The lowest BCUT2D eigenvalue weighted by Gasteiger charge is -2.34. The normalized spacial score (nSPS) is 19.8. The molecule has 1 N–H and O–H groups in total. The summed E-state index contributed by atoms with van der Waals surface area (Å²) < 4.78 is 5.87. The molecule has 7 nitrogen and oxygen atoms in total. The molecule has 3 aromatic carbocycles. The van der Waals surface area contributed by atoms with E-state index in [1.807, 2.05) is 60.4 Å². The molecule has 2 atom stereocenters. The van der Waals surface area contributed by atoms with Crippen LogP contribution in [0.2, 0.25) is 0 Å². The topological polar surface area (TPSA) is 79.0 Å². The third-order valence-electron chi connectivity index (χ3n) is 7.42. The number of hydrogen-bond donors (Lipinski definition) is 1. The number of aryl methyl sites for hydroxylation is 1. The van der Waals surface area contributed by atoms with Crippen molar-refractivity contribution >= 4 is 23.6 Å². The van der Waals surface area contributed by atoms with E-state index in [9.17, 15) is 14.4 Å². The third kappa shape index (κ3) is 5.57. The van der Waals surface area contributed by atoms with Crippen LogP contribution in [0.1, 0.15) is 52.9 Å². The summed E-state index contributed by atoms with van der Waals surface area (Å²) in [5, 5.41) is 2.91. The molecular weight excluding hydrogens is 478 g/mol. The molecule has 7 heteroatoms. The molecular formula is C31H33N3O4. The highest BCUT2D eigenvalue weighted by Gasteiger charge is 2.48. The zero-order valence-electron chi connectivity index (χ0n) is 21.8. The van der Waals surface area contributed by atoms with Crippen molar-refractivity contribution in [3.63, 3.8) is 0 Å². The van der Waals surface area contributed by atoms with Crippen LogP contribution in [0.3, 0.4) is 0 Å². The molecule has 0 saturated carbocycles. The fourth-order valence-corrected chi connectivity index (χ4v) is 5.09. The van der Waals surface area contributed by atoms with Gasteiger partial charge in [-0.15, -0.1) is 0 Å². The summed E-state index contributed by atoms with van der Waals surface area (Å²) in [6.45, 7) is 5.83. The molecule has 2 heterocycles. The maximum absolute atomic E-state index is 13.9. The number of benzene rings is 3. The Morgan fingerprint density at radius 2 is 1.66 bits per heavy atom. The van der Waals surface area contributed by atoms with E-state index in [0.717, 1.165) is 24.0 Å². The van der Waals surface area contributed by atoms with E-state index in [0.29, 0.717) is 35.8 Å². The Kier molecular flexibility index (Phi) is 7.45.